The van der Waals surface area contributed by atoms with Gasteiger partial charge in [-0.15, -0.1) is 6.58 Å². The van der Waals surface area contributed by atoms with Crippen LogP contribution in [0.5, 0.6) is 0 Å². The molecule has 4 unspecified atom stereocenters. The molecule has 0 aliphatic heterocycles. The Labute approximate surface area is 150 Å². The summed E-state index contributed by atoms with van der Waals surface area (Å²) in [5, 5.41) is 0.408. The van der Waals surface area contributed by atoms with Gasteiger partial charge in [0.25, 0.3) is 0 Å². The van der Waals surface area contributed by atoms with E-state index in [1.807, 2.05) is 6.08 Å². The minimum atomic E-state index is -0.717. The lowest BCUT2D eigenvalue weighted by atomic mass is 9.48. The Morgan fingerprint density at radius 1 is 1.21 bits per heavy atom. The average molecular weight is 347 g/mol. The second-order valence-corrected chi connectivity index (χ2v) is 11.1. The van der Waals surface area contributed by atoms with Crippen LogP contribution in [0.1, 0.15) is 71.6 Å². The molecule has 0 heterocycles. The van der Waals surface area contributed by atoms with E-state index in [1.165, 1.54) is 57.8 Å². The molecule has 24 heavy (non-hydrogen) atoms. The van der Waals surface area contributed by atoms with E-state index in [0.29, 0.717) is 21.8 Å². The minimum Gasteiger partial charge on any atom is -0.259 e. The molecule has 3 fully saturated rings. The van der Waals surface area contributed by atoms with Gasteiger partial charge in [-0.1, -0.05) is 38.0 Å². The number of hydrogen-bond donors (Lipinski definition) is 0. The highest BCUT2D eigenvalue weighted by Crippen LogP contribution is 2.65. The van der Waals surface area contributed by atoms with Crippen LogP contribution in [0, 0.1) is 28.6 Å². The number of hydrogen-bond acceptors (Lipinski definition) is 1. The molecule has 0 saturated heterocycles. The van der Waals surface area contributed by atoms with Crippen LogP contribution in [-0.2, 0) is 10.8 Å². The molecular weight excluding hydrogens is 312 g/mol. The van der Waals surface area contributed by atoms with Gasteiger partial charge in [-0.2, -0.15) is 0 Å². The zero-order valence-corrected chi connectivity index (χ0v) is 16.4. The van der Waals surface area contributed by atoms with Crippen molar-refractivity contribution >= 4 is 10.8 Å². The van der Waals surface area contributed by atoms with E-state index in [2.05, 4.69) is 26.5 Å². The maximum absolute atomic E-state index is 12.8. The van der Waals surface area contributed by atoms with Crippen LogP contribution in [0.15, 0.2) is 24.3 Å². The lowest BCUT2D eigenvalue weighted by molar-refractivity contribution is -0.0234. The van der Waals surface area contributed by atoms with Gasteiger partial charge in [0.1, 0.15) is 0 Å². The molecule has 0 aromatic carbocycles. The Bertz CT molecular complexity index is 579. The van der Waals surface area contributed by atoms with Crippen molar-refractivity contribution in [1.82, 2.24) is 0 Å². The molecule has 2 heteroatoms. The Morgan fingerprint density at radius 2 is 2.04 bits per heavy atom. The smallest absolute Gasteiger partial charge is 0.0415 e. The third-order valence-electron chi connectivity index (χ3n) is 8.53. The third-order valence-corrected chi connectivity index (χ3v) is 10.5. The van der Waals surface area contributed by atoms with Crippen molar-refractivity contribution in [2.45, 2.75) is 76.9 Å². The molecule has 0 aromatic heterocycles. The molecule has 0 aromatic rings. The van der Waals surface area contributed by atoms with Crippen molar-refractivity contribution in [3.8, 4) is 0 Å². The van der Waals surface area contributed by atoms with Gasteiger partial charge in [0.05, 0.1) is 0 Å². The molecule has 0 N–H and O–H groups in total. The SMILES string of the molecule is C=CCS(=O)[C@H]1CCC2C3CC=C4CCCC[C@]4(C)C3CC[C@@]21C. The summed E-state index contributed by atoms with van der Waals surface area (Å²) >= 11 is 0. The molecule has 3 saturated carbocycles. The standard InChI is InChI=1S/C22H34OS/c1-4-15-24(23)20-11-10-18-17-9-8-16-7-5-6-13-21(16,2)19(17)12-14-22(18,20)3/h4,8,17-20H,1,5-7,9-15H2,2-3H3/t17?,18?,19?,20-,21-,22-,24?/m0/s1. The Balaban J connectivity index is 1.63. The fourth-order valence-corrected chi connectivity index (χ4v) is 9.07. The maximum Gasteiger partial charge on any atom is 0.0415 e. The molecule has 1 nitrogen and oxygen atoms in total. The topological polar surface area (TPSA) is 17.1 Å². The Kier molecular flexibility index (Phi) is 4.34. The molecule has 0 spiro atoms. The van der Waals surface area contributed by atoms with Gasteiger partial charge >= 0.3 is 0 Å². The fraction of sp³-hybridized carbons (Fsp3) is 0.818. The Hall–Kier alpha value is -0.370. The first-order valence-corrected chi connectivity index (χ1v) is 11.6. The lowest BCUT2D eigenvalue weighted by Gasteiger charge is -2.57. The predicted octanol–water partition coefficient (Wildman–Crippen LogP) is 5.64. The molecular formula is C22H34OS. The van der Waals surface area contributed by atoms with Gasteiger partial charge in [-0.05, 0) is 80.0 Å². The second-order valence-electron chi connectivity index (χ2n) is 9.41. The van der Waals surface area contributed by atoms with Crippen LogP contribution in [0.4, 0.5) is 0 Å². The van der Waals surface area contributed by atoms with Crippen molar-refractivity contribution in [3.63, 3.8) is 0 Å². The van der Waals surface area contributed by atoms with Crippen LogP contribution in [0.2, 0.25) is 0 Å². The summed E-state index contributed by atoms with van der Waals surface area (Å²) < 4.78 is 12.8. The van der Waals surface area contributed by atoms with Crippen molar-refractivity contribution in [1.29, 1.82) is 0 Å². The molecule has 0 radical (unpaired) electrons. The summed E-state index contributed by atoms with van der Waals surface area (Å²) in [5.41, 5.74) is 2.59. The van der Waals surface area contributed by atoms with E-state index in [1.54, 1.807) is 5.57 Å². The van der Waals surface area contributed by atoms with Crippen molar-refractivity contribution in [3.05, 3.63) is 24.3 Å². The zero-order valence-electron chi connectivity index (χ0n) is 15.6. The summed E-state index contributed by atoms with van der Waals surface area (Å²) in [5.74, 6) is 3.22. The number of fused-ring (bicyclic) bond motifs is 5. The quantitative estimate of drug-likeness (QED) is 0.604. The molecule has 134 valence electrons. The van der Waals surface area contributed by atoms with Gasteiger partial charge < -0.3 is 0 Å². The van der Waals surface area contributed by atoms with Crippen molar-refractivity contribution in [2.24, 2.45) is 28.6 Å². The monoisotopic (exact) mass is 346 g/mol. The summed E-state index contributed by atoms with van der Waals surface area (Å²) in [6.07, 6.45) is 16.6. The summed E-state index contributed by atoms with van der Waals surface area (Å²) in [6, 6.07) is 0. The van der Waals surface area contributed by atoms with Crippen LogP contribution in [0.25, 0.3) is 0 Å². The summed E-state index contributed by atoms with van der Waals surface area (Å²) in [4.78, 5) is 0. The highest BCUT2D eigenvalue weighted by Gasteiger charge is 2.59. The highest BCUT2D eigenvalue weighted by atomic mass is 32.2. The largest absolute Gasteiger partial charge is 0.259 e. The van der Waals surface area contributed by atoms with E-state index in [9.17, 15) is 4.21 Å². The van der Waals surface area contributed by atoms with Crippen LogP contribution in [0.3, 0.4) is 0 Å². The van der Waals surface area contributed by atoms with E-state index in [4.69, 9.17) is 0 Å². The number of allylic oxidation sites excluding steroid dienone is 2. The molecule has 0 amide bonds. The molecule has 0 bridgehead atoms. The van der Waals surface area contributed by atoms with Crippen molar-refractivity contribution < 1.29 is 4.21 Å². The molecule has 4 rings (SSSR count). The maximum atomic E-state index is 12.8. The lowest BCUT2D eigenvalue weighted by Crippen LogP contribution is -2.50. The van der Waals surface area contributed by atoms with Gasteiger partial charge in [-0.3, -0.25) is 4.21 Å². The molecule has 4 aliphatic carbocycles. The zero-order chi connectivity index (χ0) is 16.9. The van der Waals surface area contributed by atoms with Crippen LogP contribution < -0.4 is 0 Å². The first kappa shape index (κ1) is 17.1. The normalized spacial score (nSPS) is 48.7. The first-order valence-electron chi connectivity index (χ1n) is 10.2. The summed E-state index contributed by atoms with van der Waals surface area (Å²) in [7, 11) is -0.717. The summed E-state index contributed by atoms with van der Waals surface area (Å²) in [6.45, 7) is 8.88. The van der Waals surface area contributed by atoms with E-state index >= 15 is 0 Å². The van der Waals surface area contributed by atoms with E-state index in [-0.39, 0.29) is 0 Å². The minimum absolute atomic E-state index is 0.311. The molecule has 4 aliphatic rings. The predicted molar refractivity (Wildman–Crippen MR) is 103 cm³/mol. The van der Waals surface area contributed by atoms with E-state index in [0.717, 1.165) is 17.8 Å². The average Bonchev–Trinajstić information content (AvgIpc) is 2.92. The first-order chi connectivity index (χ1) is 11.5. The van der Waals surface area contributed by atoms with E-state index < -0.39 is 10.8 Å². The van der Waals surface area contributed by atoms with Gasteiger partial charge in [0, 0.05) is 21.8 Å². The van der Waals surface area contributed by atoms with Gasteiger partial charge in [0.15, 0.2) is 0 Å². The van der Waals surface area contributed by atoms with Crippen LogP contribution >= 0.6 is 0 Å². The van der Waals surface area contributed by atoms with Gasteiger partial charge in [0.2, 0.25) is 0 Å². The Morgan fingerprint density at radius 3 is 2.83 bits per heavy atom. The second kappa shape index (κ2) is 6.11. The third kappa shape index (κ3) is 2.35. The van der Waals surface area contributed by atoms with Gasteiger partial charge in [-0.25, -0.2) is 0 Å². The molecule has 7 atom stereocenters. The number of rotatable bonds is 3. The van der Waals surface area contributed by atoms with Crippen LogP contribution in [-0.4, -0.2) is 15.2 Å². The fourth-order valence-electron chi connectivity index (χ4n) is 7.31. The highest BCUT2D eigenvalue weighted by molar-refractivity contribution is 7.85. The van der Waals surface area contributed by atoms with Crippen molar-refractivity contribution in [2.75, 3.05) is 5.75 Å².